The van der Waals surface area contributed by atoms with Gasteiger partial charge in [-0.1, -0.05) is 48.0 Å². The summed E-state index contributed by atoms with van der Waals surface area (Å²) in [6.45, 7) is 0.649. The summed E-state index contributed by atoms with van der Waals surface area (Å²) in [7, 11) is 0. The summed E-state index contributed by atoms with van der Waals surface area (Å²) in [5.41, 5.74) is 1.03. The van der Waals surface area contributed by atoms with Gasteiger partial charge in [-0.15, -0.1) is 0 Å². The standard InChI is InChI=1S/C27H23BrClN3O4/c28-21-16-20(17-30-18-21)26(33)31-12-14-36-27(34)32(23-10-8-22(29)9-11-23)13-15-35-25-7-3-5-19-4-1-2-6-24(19)25/h1-11,16-18H,12-15H2,(H,31,33). The normalized spacial score (nSPS) is 10.6. The number of hydrogen-bond donors (Lipinski definition) is 1. The summed E-state index contributed by atoms with van der Waals surface area (Å²) < 4.78 is 12.1. The van der Waals surface area contributed by atoms with E-state index in [0.717, 1.165) is 16.5 Å². The summed E-state index contributed by atoms with van der Waals surface area (Å²) in [5.74, 6) is 0.431. The van der Waals surface area contributed by atoms with Gasteiger partial charge in [0.1, 0.15) is 19.0 Å². The van der Waals surface area contributed by atoms with Crippen molar-refractivity contribution in [2.45, 2.75) is 0 Å². The fraction of sp³-hybridized carbons (Fsp3) is 0.148. The highest BCUT2D eigenvalue weighted by Gasteiger charge is 2.18. The van der Waals surface area contributed by atoms with E-state index in [2.05, 4.69) is 26.2 Å². The van der Waals surface area contributed by atoms with E-state index in [-0.39, 0.29) is 32.2 Å². The molecular formula is C27H23BrClN3O4. The van der Waals surface area contributed by atoms with E-state index in [0.29, 0.717) is 20.7 Å². The van der Waals surface area contributed by atoms with Crippen LogP contribution in [0.1, 0.15) is 10.4 Å². The van der Waals surface area contributed by atoms with Crippen LogP contribution in [-0.4, -0.2) is 43.3 Å². The average molecular weight is 569 g/mol. The molecule has 0 saturated carbocycles. The predicted molar refractivity (Wildman–Crippen MR) is 144 cm³/mol. The number of anilines is 1. The van der Waals surface area contributed by atoms with Gasteiger partial charge in [-0.2, -0.15) is 0 Å². The Hall–Kier alpha value is -3.62. The van der Waals surface area contributed by atoms with Gasteiger partial charge in [-0.05, 0) is 57.7 Å². The Labute approximate surface area is 222 Å². The lowest BCUT2D eigenvalue weighted by atomic mass is 10.1. The number of benzene rings is 3. The molecule has 0 aliphatic heterocycles. The number of nitrogens with one attached hydrogen (secondary N) is 1. The molecule has 1 N–H and O–H groups in total. The molecule has 2 amide bonds. The Morgan fingerprint density at radius 1 is 0.972 bits per heavy atom. The molecule has 184 valence electrons. The number of ether oxygens (including phenoxy) is 2. The van der Waals surface area contributed by atoms with E-state index in [4.69, 9.17) is 21.1 Å². The molecule has 36 heavy (non-hydrogen) atoms. The molecule has 0 aliphatic rings. The summed E-state index contributed by atoms with van der Waals surface area (Å²) >= 11 is 9.31. The lowest BCUT2D eigenvalue weighted by Crippen LogP contribution is -2.37. The van der Waals surface area contributed by atoms with Crippen molar-refractivity contribution in [1.29, 1.82) is 0 Å². The van der Waals surface area contributed by atoms with Crippen molar-refractivity contribution in [3.8, 4) is 5.75 Å². The molecular weight excluding hydrogens is 546 g/mol. The number of rotatable bonds is 9. The van der Waals surface area contributed by atoms with E-state index in [1.807, 2.05) is 42.5 Å². The molecule has 0 spiro atoms. The maximum atomic E-state index is 12.9. The first-order chi connectivity index (χ1) is 17.5. The van der Waals surface area contributed by atoms with Gasteiger partial charge in [0.15, 0.2) is 0 Å². The first kappa shape index (κ1) is 25.5. The molecule has 7 nitrogen and oxygen atoms in total. The molecule has 1 aromatic heterocycles. The minimum atomic E-state index is -0.558. The minimum Gasteiger partial charge on any atom is -0.491 e. The van der Waals surface area contributed by atoms with Crippen LogP contribution in [0.2, 0.25) is 5.02 Å². The number of halogens is 2. The summed E-state index contributed by atoms with van der Waals surface area (Å²) in [4.78, 5) is 30.6. The van der Waals surface area contributed by atoms with Gasteiger partial charge >= 0.3 is 6.09 Å². The molecule has 0 aliphatic carbocycles. The molecule has 0 unspecified atom stereocenters. The molecule has 9 heteroatoms. The predicted octanol–water partition coefficient (Wildman–Crippen LogP) is 6.10. The van der Waals surface area contributed by atoms with E-state index in [9.17, 15) is 9.59 Å². The Kier molecular flexibility index (Phi) is 8.76. The zero-order valence-corrected chi connectivity index (χ0v) is 21.5. The zero-order chi connectivity index (χ0) is 25.3. The van der Waals surface area contributed by atoms with Gasteiger partial charge in [0.2, 0.25) is 0 Å². The van der Waals surface area contributed by atoms with Crippen LogP contribution in [0.4, 0.5) is 10.5 Å². The van der Waals surface area contributed by atoms with Crippen LogP contribution in [0.25, 0.3) is 10.8 Å². The highest BCUT2D eigenvalue weighted by molar-refractivity contribution is 9.10. The van der Waals surface area contributed by atoms with Gasteiger partial charge < -0.3 is 14.8 Å². The van der Waals surface area contributed by atoms with Crippen molar-refractivity contribution < 1.29 is 19.1 Å². The fourth-order valence-electron chi connectivity index (χ4n) is 3.53. The molecule has 4 aromatic rings. The van der Waals surface area contributed by atoms with Crippen LogP contribution in [-0.2, 0) is 4.74 Å². The Bertz CT molecular complexity index is 1350. The number of pyridine rings is 1. The Balaban J connectivity index is 1.35. The smallest absolute Gasteiger partial charge is 0.414 e. The summed E-state index contributed by atoms with van der Waals surface area (Å²) in [6, 6.07) is 22.3. The number of fused-ring (bicyclic) bond motifs is 1. The van der Waals surface area contributed by atoms with Gasteiger partial charge in [0.25, 0.3) is 5.91 Å². The monoisotopic (exact) mass is 567 g/mol. The third-order valence-corrected chi connectivity index (χ3v) is 5.95. The SMILES string of the molecule is O=C(NCCOC(=O)N(CCOc1cccc2ccccc12)c1ccc(Cl)cc1)c1cncc(Br)c1. The van der Waals surface area contributed by atoms with Crippen molar-refractivity contribution in [1.82, 2.24) is 10.3 Å². The van der Waals surface area contributed by atoms with E-state index in [1.54, 1.807) is 36.5 Å². The molecule has 4 rings (SSSR count). The highest BCUT2D eigenvalue weighted by Crippen LogP contribution is 2.25. The van der Waals surface area contributed by atoms with Gasteiger partial charge in [0.05, 0.1) is 18.7 Å². The van der Waals surface area contributed by atoms with Crippen LogP contribution in [0.3, 0.4) is 0 Å². The Morgan fingerprint density at radius 2 is 1.75 bits per heavy atom. The largest absolute Gasteiger partial charge is 0.491 e. The topological polar surface area (TPSA) is 80.8 Å². The molecule has 0 atom stereocenters. The molecule has 1 heterocycles. The number of carbonyl (C=O) groups excluding carboxylic acids is 2. The lowest BCUT2D eigenvalue weighted by molar-refractivity contribution is 0.0935. The van der Waals surface area contributed by atoms with E-state index in [1.165, 1.54) is 11.1 Å². The first-order valence-electron chi connectivity index (χ1n) is 11.2. The Morgan fingerprint density at radius 3 is 2.56 bits per heavy atom. The second-order valence-electron chi connectivity index (χ2n) is 7.72. The first-order valence-corrected chi connectivity index (χ1v) is 12.4. The van der Waals surface area contributed by atoms with Crippen molar-refractivity contribution in [3.05, 3.63) is 100 Å². The van der Waals surface area contributed by atoms with Crippen molar-refractivity contribution in [2.75, 3.05) is 31.2 Å². The van der Waals surface area contributed by atoms with Crippen LogP contribution in [0.15, 0.2) is 89.7 Å². The maximum Gasteiger partial charge on any atom is 0.414 e. The summed E-state index contributed by atoms with van der Waals surface area (Å²) in [5, 5.41) is 5.34. The molecule has 3 aromatic carbocycles. The van der Waals surface area contributed by atoms with Crippen molar-refractivity contribution in [2.24, 2.45) is 0 Å². The minimum absolute atomic E-state index is 0.000273. The lowest BCUT2D eigenvalue weighted by Gasteiger charge is -2.23. The number of aromatic nitrogens is 1. The van der Waals surface area contributed by atoms with E-state index >= 15 is 0 Å². The van der Waals surface area contributed by atoms with Gasteiger partial charge in [-0.25, -0.2) is 4.79 Å². The van der Waals surface area contributed by atoms with E-state index < -0.39 is 6.09 Å². The highest BCUT2D eigenvalue weighted by atomic mass is 79.9. The second kappa shape index (κ2) is 12.4. The maximum absolute atomic E-state index is 12.9. The molecule has 0 bridgehead atoms. The van der Waals surface area contributed by atoms with Crippen molar-refractivity contribution >= 4 is 56.0 Å². The number of nitrogens with zero attached hydrogens (tertiary/aromatic N) is 2. The van der Waals surface area contributed by atoms with Gasteiger partial charge in [-0.3, -0.25) is 14.7 Å². The number of carbonyl (C=O) groups is 2. The van der Waals surface area contributed by atoms with Crippen LogP contribution >= 0.6 is 27.5 Å². The van der Waals surface area contributed by atoms with Crippen LogP contribution in [0, 0.1) is 0 Å². The average Bonchev–Trinajstić information content (AvgIpc) is 2.89. The van der Waals surface area contributed by atoms with Crippen LogP contribution < -0.4 is 15.0 Å². The summed E-state index contributed by atoms with van der Waals surface area (Å²) in [6.07, 6.45) is 2.50. The second-order valence-corrected chi connectivity index (χ2v) is 9.07. The van der Waals surface area contributed by atoms with Crippen molar-refractivity contribution in [3.63, 3.8) is 0 Å². The molecule has 0 fully saturated rings. The van der Waals surface area contributed by atoms with Crippen LogP contribution in [0.5, 0.6) is 5.75 Å². The fourth-order valence-corrected chi connectivity index (χ4v) is 4.03. The quantitative estimate of drug-likeness (QED) is 0.247. The number of amides is 2. The third kappa shape index (κ3) is 6.74. The number of hydrogen-bond acceptors (Lipinski definition) is 5. The molecule has 0 radical (unpaired) electrons. The molecule has 0 saturated heterocycles. The third-order valence-electron chi connectivity index (χ3n) is 5.26. The van der Waals surface area contributed by atoms with Gasteiger partial charge in [0, 0.05) is 33.0 Å². The zero-order valence-electron chi connectivity index (χ0n) is 19.2.